The summed E-state index contributed by atoms with van der Waals surface area (Å²) in [6.07, 6.45) is 0.903. The molecule has 0 aliphatic rings. The number of hydrogen-bond acceptors (Lipinski definition) is 1. The highest BCUT2D eigenvalue weighted by Gasteiger charge is 2.00. The quantitative estimate of drug-likeness (QED) is 0.866. The Bertz CT molecular complexity index is 544. The summed E-state index contributed by atoms with van der Waals surface area (Å²) in [5.74, 6) is 0. The summed E-state index contributed by atoms with van der Waals surface area (Å²) in [5.41, 5.74) is 4.59. The maximum atomic E-state index is 11.2. The lowest BCUT2D eigenvalue weighted by atomic mass is 10.0. The van der Waals surface area contributed by atoms with Gasteiger partial charge in [-0.05, 0) is 36.6 Å². The summed E-state index contributed by atoms with van der Waals surface area (Å²) in [6.45, 7) is 2.09. The van der Waals surface area contributed by atoms with Crippen LogP contribution >= 0.6 is 0 Å². The summed E-state index contributed by atoms with van der Waals surface area (Å²) in [7, 11) is 1.60. The minimum Gasteiger partial charge on any atom is -0.341 e. The smallest absolute Gasteiger partial charge is 0.318 e. The number of nitrogens with one attached hydrogen (secondary N) is 2. The Labute approximate surface area is 113 Å². The molecule has 0 aromatic heterocycles. The number of anilines is 1. The molecule has 0 aliphatic heterocycles. The van der Waals surface area contributed by atoms with E-state index in [2.05, 4.69) is 41.8 Å². The van der Waals surface area contributed by atoms with Crippen LogP contribution in [0.25, 0.3) is 0 Å². The molecule has 0 heterocycles. The van der Waals surface area contributed by atoms with Crippen molar-refractivity contribution in [2.75, 3.05) is 12.4 Å². The predicted octanol–water partition coefficient (Wildman–Crippen LogP) is 3.34. The highest BCUT2D eigenvalue weighted by Crippen LogP contribution is 2.14. The lowest BCUT2D eigenvalue weighted by Crippen LogP contribution is -2.24. The van der Waals surface area contributed by atoms with Gasteiger partial charge in [-0.3, -0.25) is 0 Å². The SMILES string of the molecule is CNC(=O)Nc1ccc(Cc2ccc(C)cc2)cc1. The van der Waals surface area contributed by atoms with Gasteiger partial charge in [-0.15, -0.1) is 0 Å². The van der Waals surface area contributed by atoms with E-state index in [0.29, 0.717) is 0 Å². The van der Waals surface area contributed by atoms with Crippen LogP contribution in [0.5, 0.6) is 0 Å². The molecule has 0 bridgehead atoms. The summed E-state index contributed by atoms with van der Waals surface area (Å²) >= 11 is 0. The Morgan fingerprint density at radius 1 is 0.947 bits per heavy atom. The molecule has 0 fully saturated rings. The number of aryl methyl sites for hydroxylation is 1. The van der Waals surface area contributed by atoms with Crippen LogP contribution in [0, 0.1) is 6.92 Å². The van der Waals surface area contributed by atoms with Crippen molar-refractivity contribution in [3.8, 4) is 0 Å². The average molecular weight is 254 g/mol. The van der Waals surface area contributed by atoms with E-state index in [1.165, 1.54) is 16.7 Å². The number of amides is 2. The molecule has 2 amide bonds. The molecule has 2 aromatic rings. The molecule has 0 saturated heterocycles. The van der Waals surface area contributed by atoms with Gasteiger partial charge in [0.05, 0.1) is 0 Å². The van der Waals surface area contributed by atoms with Crippen molar-refractivity contribution in [2.24, 2.45) is 0 Å². The van der Waals surface area contributed by atoms with Crippen LogP contribution in [-0.2, 0) is 6.42 Å². The second-order valence-electron chi connectivity index (χ2n) is 4.56. The van der Waals surface area contributed by atoms with E-state index >= 15 is 0 Å². The van der Waals surface area contributed by atoms with Gasteiger partial charge in [0, 0.05) is 12.7 Å². The van der Waals surface area contributed by atoms with Gasteiger partial charge in [0.2, 0.25) is 0 Å². The monoisotopic (exact) mass is 254 g/mol. The molecule has 0 atom stereocenters. The normalized spacial score (nSPS) is 10.0. The molecule has 2 N–H and O–H groups in total. The second kappa shape index (κ2) is 6.05. The van der Waals surface area contributed by atoms with Crippen LogP contribution in [-0.4, -0.2) is 13.1 Å². The van der Waals surface area contributed by atoms with Crippen molar-refractivity contribution in [3.63, 3.8) is 0 Å². The molecule has 2 aromatic carbocycles. The largest absolute Gasteiger partial charge is 0.341 e. The van der Waals surface area contributed by atoms with Gasteiger partial charge >= 0.3 is 6.03 Å². The maximum absolute atomic E-state index is 11.2. The molecule has 0 radical (unpaired) electrons. The minimum absolute atomic E-state index is 0.203. The van der Waals surface area contributed by atoms with Crippen molar-refractivity contribution in [1.82, 2.24) is 5.32 Å². The van der Waals surface area contributed by atoms with Crippen LogP contribution in [0.2, 0.25) is 0 Å². The topological polar surface area (TPSA) is 41.1 Å². The van der Waals surface area contributed by atoms with Gasteiger partial charge < -0.3 is 10.6 Å². The summed E-state index contributed by atoms with van der Waals surface area (Å²) in [5, 5.41) is 5.26. The molecule has 0 spiro atoms. The summed E-state index contributed by atoms with van der Waals surface area (Å²) in [6, 6.07) is 16.2. The maximum Gasteiger partial charge on any atom is 0.318 e. The Morgan fingerprint density at radius 3 is 2.00 bits per heavy atom. The molecule has 98 valence electrons. The molecule has 19 heavy (non-hydrogen) atoms. The van der Waals surface area contributed by atoms with Gasteiger partial charge in [0.1, 0.15) is 0 Å². The van der Waals surface area contributed by atoms with Crippen molar-refractivity contribution >= 4 is 11.7 Å². The Morgan fingerprint density at radius 2 is 1.47 bits per heavy atom. The molecule has 0 aliphatic carbocycles. The van der Waals surface area contributed by atoms with E-state index in [1.54, 1.807) is 7.05 Å². The Kier molecular flexibility index (Phi) is 4.18. The highest BCUT2D eigenvalue weighted by atomic mass is 16.2. The first kappa shape index (κ1) is 13.1. The number of hydrogen-bond donors (Lipinski definition) is 2. The van der Waals surface area contributed by atoms with Crippen molar-refractivity contribution < 1.29 is 4.79 Å². The van der Waals surface area contributed by atoms with E-state index in [0.717, 1.165) is 12.1 Å². The number of urea groups is 1. The fraction of sp³-hybridized carbons (Fsp3) is 0.188. The third kappa shape index (κ3) is 3.85. The van der Waals surface area contributed by atoms with E-state index in [-0.39, 0.29) is 6.03 Å². The summed E-state index contributed by atoms with van der Waals surface area (Å²) in [4.78, 5) is 11.2. The molecule has 3 nitrogen and oxygen atoms in total. The average Bonchev–Trinajstić information content (AvgIpc) is 2.43. The first-order valence-electron chi connectivity index (χ1n) is 6.30. The lowest BCUT2D eigenvalue weighted by molar-refractivity contribution is 0.254. The van der Waals surface area contributed by atoms with Gasteiger partial charge in [-0.2, -0.15) is 0 Å². The van der Waals surface area contributed by atoms with Crippen molar-refractivity contribution in [2.45, 2.75) is 13.3 Å². The van der Waals surface area contributed by atoms with E-state index in [9.17, 15) is 4.79 Å². The third-order valence-corrected chi connectivity index (χ3v) is 2.97. The van der Waals surface area contributed by atoms with Crippen LogP contribution in [0.4, 0.5) is 10.5 Å². The Hall–Kier alpha value is -2.29. The van der Waals surface area contributed by atoms with Crippen molar-refractivity contribution in [1.29, 1.82) is 0 Å². The first-order chi connectivity index (χ1) is 9.17. The van der Waals surface area contributed by atoms with Crippen LogP contribution in [0.15, 0.2) is 48.5 Å². The minimum atomic E-state index is -0.203. The third-order valence-electron chi connectivity index (χ3n) is 2.97. The molecule has 2 rings (SSSR count). The van der Waals surface area contributed by atoms with E-state index in [4.69, 9.17) is 0 Å². The summed E-state index contributed by atoms with van der Waals surface area (Å²) < 4.78 is 0. The zero-order chi connectivity index (χ0) is 13.7. The number of carbonyl (C=O) groups is 1. The molecule has 0 unspecified atom stereocenters. The Balaban J connectivity index is 2.02. The van der Waals surface area contributed by atoms with Gasteiger partial charge in [0.15, 0.2) is 0 Å². The molecule has 3 heteroatoms. The second-order valence-corrected chi connectivity index (χ2v) is 4.56. The fourth-order valence-corrected chi connectivity index (χ4v) is 1.84. The molecular weight excluding hydrogens is 236 g/mol. The predicted molar refractivity (Wildman–Crippen MR) is 78.5 cm³/mol. The van der Waals surface area contributed by atoms with Gasteiger partial charge in [0.25, 0.3) is 0 Å². The first-order valence-corrected chi connectivity index (χ1v) is 6.30. The molecular formula is C16H18N2O. The zero-order valence-corrected chi connectivity index (χ0v) is 11.2. The fourth-order valence-electron chi connectivity index (χ4n) is 1.84. The number of benzene rings is 2. The van der Waals surface area contributed by atoms with Gasteiger partial charge in [-0.1, -0.05) is 42.0 Å². The standard InChI is InChI=1S/C16H18N2O/c1-12-3-5-13(6-4-12)11-14-7-9-15(10-8-14)18-16(19)17-2/h3-10H,11H2,1-2H3,(H2,17,18,19). The van der Waals surface area contributed by atoms with E-state index < -0.39 is 0 Å². The lowest BCUT2D eigenvalue weighted by Gasteiger charge is -2.06. The van der Waals surface area contributed by atoms with E-state index in [1.807, 2.05) is 24.3 Å². The van der Waals surface area contributed by atoms with Gasteiger partial charge in [-0.25, -0.2) is 4.79 Å². The van der Waals surface area contributed by atoms with Crippen LogP contribution < -0.4 is 10.6 Å². The highest BCUT2D eigenvalue weighted by molar-refractivity contribution is 5.88. The molecule has 0 saturated carbocycles. The van der Waals surface area contributed by atoms with Crippen molar-refractivity contribution in [3.05, 3.63) is 65.2 Å². The number of carbonyl (C=O) groups excluding carboxylic acids is 1. The van der Waals surface area contributed by atoms with Crippen LogP contribution in [0.1, 0.15) is 16.7 Å². The van der Waals surface area contributed by atoms with Crippen LogP contribution in [0.3, 0.4) is 0 Å². The number of rotatable bonds is 3. The zero-order valence-electron chi connectivity index (χ0n) is 11.2.